The number of carboxylic acid groups (broad SMARTS) is 1. The van der Waals surface area contributed by atoms with Crippen molar-refractivity contribution in [3.63, 3.8) is 0 Å². The molecule has 0 atom stereocenters. The first-order valence-corrected chi connectivity index (χ1v) is 4.85. The molecule has 0 aliphatic heterocycles. The third kappa shape index (κ3) is 2.84. The van der Waals surface area contributed by atoms with Crippen LogP contribution in [0.2, 0.25) is 0 Å². The number of hydrogen-bond donors (Lipinski definition) is 2. The summed E-state index contributed by atoms with van der Waals surface area (Å²) in [5, 5.41) is 8.89. The Morgan fingerprint density at radius 3 is 2.12 bits per heavy atom. The molecule has 90 valence electrons. The van der Waals surface area contributed by atoms with Crippen LogP contribution in [0.1, 0.15) is 12.5 Å². The van der Waals surface area contributed by atoms with Gasteiger partial charge < -0.3 is 15.6 Å². The molecule has 17 heavy (non-hydrogen) atoms. The maximum atomic E-state index is 11.0. The number of hydrogen-bond acceptors (Lipinski definition) is 3. The van der Waals surface area contributed by atoms with Crippen molar-refractivity contribution < 1.29 is 19.4 Å². The van der Waals surface area contributed by atoms with Crippen LogP contribution < -0.4 is 10.5 Å². The fourth-order valence-corrected chi connectivity index (χ4v) is 1.44. The molecule has 0 saturated heterocycles. The number of allylic oxidation sites excluding steroid dienone is 1. The summed E-state index contributed by atoms with van der Waals surface area (Å²) < 4.78 is 4.98. The summed E-state index contributed by atoms with van der Waals surface area (Å²) in [5.74, 6) is -1.63. The zero-order valence-corrected chi connectivity index (χ0v) is 9.56. The SMILES string of the molecule is COc1ccc(C(C)=C(C(N)=O)C(=O)O)cc1. The lowest BCUT2D eigenvalue weighted by atomic mass is 10.0. The molecule has 0 aromatic heterocycles. The van der Waals surface area contributed by atoms with Crippen molar-refractivity contribution in [2.45, 2.75) is 6.92 Å². The summed E-state index contributed by atoms with van der Waals surface area (Å²) in [6, 6.07) is 6.69. The molecule has 0 radical (unpaired) electrons. The molecule has 5 nitrogen and oxygen atoms in total. The van der Waals surface area contributed by atoms with E-state index in [1.165, 1.54) is 14.0 Å². The Morgan fingerprint density at radius 2 is 1.76 bits per heavy atom. The van der Waals surface area contributed by atoms with Gasteiger partial charge in [-0.3, -0.25) is 4.79 Å². The fourth-order valence-electron chi connectivity index (χ4n) is 1.44. The van der Waals surface area contributed by atoms with Crippen LogP contribution in [0.3, 0.4) is 0 Å². The molecule has 1 amide bonds. The van der Waals surface area contributed by atoms with Gasteiger partial charge in [-0.15, -0.1) is 0 Å². The van der Waals surface area contributed by atoms with E-state index in [9.17, 15) is 9.59 Å². The van der Waals surface area contributed by atoms with Gasteiger partial charge in [0.1, 0.15) is 11.3 Å². The molecular formula is C12H13NO4. The van der Waals surface area contributed by atoms with Crippen molar-refractivity contribution in [1.29, 1.82) is 0 Å². The number of carboxylic acids is 1. The van der Waals surface area contributed by atoms with Crippen LogP contribution in [0, 0.1) is 0 Å². The number of carbonyl (C=O) groups is 2. The van der Waals surface area contributed by atoms with E-state index in [2.05, 4.69) is 0 Å². The van der Waals surface area contributed by atoms with Crippen molar-refractivity contribution in [2.24, 2.45) is 5.73 Å². The number of primary amides is 1. The normalized spacial score (nSPS) is 11.6. The van der Waals surface area contributed by atoms with Gasteiger partial charge in [-0.2, -0.15) is 0 Å². The molecule has 1 aromatic rings. The largest absolute Gasteiger partial charge is 0.497 e. The Morgan fingerprint density at radius 1 is 1.24 bits per heavy atom. The van der Waals surface area contributed by atoms with E-state index in [-0.39, 0.29) is 0 Å². The summed E-state index contributed by atoms with van der Waals surface area (Å²) in [4.78, 5) is 21.9. The van der Waals surface area contributed by atoms with Crippen molar-refractivity contribution in [3.8, 4) is 5.75 Å². The van der Waals surface area contributed by atoms with E-state index in [0.717, 1.165) is 0 Å². The molecule has 0 fully saturated rings. The molecule has 3 N–H and O–H groups in total. The highest BCUT2D eigenvalue weighted by Gasteiger charge is 2.18. The Labute approximate surface area is 98.5 Å². The van der Waals surface area contributed by atoms with Gasteiger partial charge in [0, 0.05) is 0 Å². The number of ether oxygens (including phenoxy) is 1. The van der Waals surface area contributed by atoms with Gasteiger partial charge in [-0.25, -0.2) is 4.79 Å². The van der Waals surface area contributed by atoms with Crippen molar-refractivity contribution in [2.75, 3.05) is 7.11 Å². The van der Waals surface area contributed by atoms with Gasteiger partial charge in [-0.05, 0) is 30.2 Å². The van der Waals surface area contributed by atoms with E-state index >= 15 is 0 Å². The minimum atomic E-state index is -1.33. The first-order chi connectivity index (χ1) is 7.97. The molecule has 0 saturated carbocycles. The summed E-state index contributed by atoms with van der Waals surface area (Å²) in [6.07, 6.45) is 0. The lowest BCUT2D eigenvalue weighted by Gasteiger charge is -2.06. The van der Waals surface area contributed by atoms with Crippen LogP contribution in [0.5, 0.6) is 5.75 Å². The Balaban J connectivity index is 3.24. The second-order valence-electron chi connectivity index (χ2n) is 3.40. The van der Waals surface area contributed by atoms with Crippen LogP contribution in [-0.4, -0.2) is 24.1 Å². The van der Waals surface area contributed by atoms with Gasteiger partial charge in [0.05, 0.1) is 7.11 Å². The average Bonchev–Trinajstić information content (AvgIpc) is 2.28. The fraction of sp³-hybridized carbons (Fsp3) is 0.167. The van der Waals surface area contributed by atoms with Crippen molar-refractivity contribution >= 4 is 17.4 Å². The van der Waals surface area contributed by atoms with Crippen LogP contribution in [0.4, 0.5) is 0 Å². The summed E-state index contributed by atoms with van der Waals surface area (Å²) in [5.41, 5.74) is 5.56. The zero-order chi connectivity index (χ0) is 13.0. The van der Waals surface area contributed by atoms with Crippen LogP contribution in [0.15, 0.2) is 29.8 Å². The Hall–Kier alpha value is -2.30. The van der Waals surface area contributed by atoms with Gasteiger partial charge in [-0.1, -0.05) is 12.1 Å². The summed E-state index contributed by atoms with van der Waals surface area (Å²) in [6.45, 7) is 1.54. The Kier molecular flexibility index (Phi) is 3.87. The van der Waals surface area contributed by atoms with E-state index in [0.29, 0.717) is 16.9 Å². The van der Waals surface area contributed by atoms with Crippen LogP contribution >= 0.6 is 0 Å². The zero-order valence-electron chi connectivity index (χ0n) is 9.56. The first kappa shape index (κ1) is 12.8. The first-order valence-electron chi connectivity index (χ1n) is 4.85. The standard InChI is InChI=1S/C12H13NO4/c1-7(10(11(13)14)12(15)16)8-3-5-9(17-2)6-4-8/h3-6H,1-2H3,(H2,13,14)(H,15,16). The molecule has 0 aliphatic rings. The molecule has 1 aromatic carbocycles. The van der Waals surface area contributed by atoms with Gasteiger partial charge >= 0.3 is 5.97 Å². The molecule has 0 bridgehead atoms. The van der Waals surface area contributed by atoms with E-state index < -0.39 is 17.4 Å². The number of amides is 1. The highest BCUT2D eigenvalue weighted by molar-refractivity contribution is 6.20. The molecule has 0 aliphatic carbocycles. The Bertz CT molecular complexity index is 458. The highest BCUT2D eigenvalue weighted by Crippen LogP contribution is 2.21. The van der Waals surface area contributed by atoms with E-state index in [1.807, 2.05) is 0 Å². The number of rotatable bonds is 4. The average molecular weight is 235 g/mol. The van der Waals surface area contributed by atoms with Gasteiger partial charge in [0.15, 0.2) is 0 Å². The molecule has 0 heterocycles. The third-order valence-electron chi connectivity index (χ3n) is 2.36. The molecule has 5 heteroatoms. The third-order valence-corrected chi connectivity index (χ3v) is 2.36. The van der Waals surface area contributed by atoms with Gasteiger partial charge in [0.25, 0.3) is 5.91 Å². The lowest BCUT2D eigenvalue weighted by Crippen LogP contribution is -2.21. The topological polar surface area (TPSA) is 89.6 Å². The van der Waals surface area contributed by atoms with Gasteiger partial charge in [0.2, 0.25) is 0 Å². The molecular weight excluding hydrogens is 222 g/mol. The van der Waals surface area contributed by atoms with Crippen molar-refractivity contribution in [1.82, 2.24) is 0 Å². The predicted molar refractivity (Wildman–Crippen MR) is 62.4 cm³/mol. The monoisotopic (exact) mass is 235 g/mol. The number of benzene rings is 1. The molecule has 0 spiro atoms. The number of carbonyl (C=O) groups excluding carboxylic acids is 1. The maximum absolute atomic E-state index is 11.0. The highest BCUT2D eigenvalue weighted by atomic mass is 16.5. The smallest absolute Gasteiger partial charge is 0.341 e. The number of aliphatic carboxylic acids is 1. The second kappa shape index (κ2) is 5.16. The van der Waals surface area contributed by atoms with Crippen LogP contribution in [-0.2, 0) is 9.59 Å². The van der Waals surface area contributed by atoms with Crippen LogP contribution in [0.25, 0.3) is 5.57 Å². The quantitative estimate of drug-likeness (QED) is 0.463. The number of nitrogens with two attached hydrogens (primary N) is 1. The van der Waals surface area contributed by atoms with E-state index in [4.69, 9.17) is 15.6 Å². The van der Waals surface area contributed by atoms with Crippen molar-refractivity contribution in [3.05, 3.63) is 35.4 Å². The lowest BCUT2D eigenvalue weighted by molar-refractivity contribution is -0.134. The molecule has 1 rings (SSSR count). The summed E-state index contributed by atoms with van der Waals surface area (Å²) in [7, 11) is 1.53. The predicted octanol–water partition coefficient (Wildman–Crippen LogP) is 1.04. The number of methoxy groups -OCH3 is 1. The maximum Gasteiger partial charge on any atom is 0.341 e. The summed E-state index contributed by atoms with van der Waals surface area (Å²) >= 11 is 0. The van der Waals surface area contributed by atoms with E-state index in [1.54, 1.807) is 24.3 Å². The minimum absolute atomic E-state index is 0.327. The second-order valence-corrected chi connectivity index (χ2v) is 3.40. The minimum Gasteiger partial charge on any atom is -0.497 e. The molecule has 0 unspecified atom stereocenters.